The van der Waals surface area contributed by atoms with Gasteiger partial charge in [-0.2, -0.15) is 0 Å². The van der Waals surface area contributed by atoms with Crippen molar-refractivity contribution in [1.82, 2.24) is 0 Å². The predicted octanol–water partition coefficient (Wildman–Crippen LogP) is 4.22. The van der Waals surface area contributed by atoms with Gasteiger partial charge in [0.15, 0.2) is 6.10 Å². The van der Waals surface area contributed by atoms with Crippen molar-refractivity contribution < 1.29 is 24.0 Å². The Hall–Kier alpha value is -3.97. The molecule has 7 nitrogen and oxygen atoms in total. The number of carbonyl (C=O) groups is 3. The number of para-hydroxylation sites is 1. The van der Waals surface area contributed by atoms with Crippen molar-refractivity contribution in [3.8, 4) is 0 Å². The number of fused-ring (bicyclic) bond motifs is 1. The third kappa shape index (κ3) is 3.54. The Bertz CT molecular complexity index is 1240. The first-order valence-corrected chi connectivity index (χ1v) is 11.2. The van der Waals surface area contributed by atoms with Crippen LogP contribution in [0.4, 0.5) is 11.4 Å². The van der Waals surface area contributed by atoms with Crippen molar-refractivity contribution in [3.05, 3.63) is 95.6 Å². The number of hydrogen-bond acceptors (Lipinski definition) is 6. The van der Waals surface area contributed by atoms with Gasteiger partial charge in [0.1, 0.15) is 5.92 Å². The molecule has 2 saturated heterocycles. The lowest BCUT2D eigenvalue weighted by Gasteiger charge is -2.29. The molecule has 3 atom stereocenters. The quantitative estimate of drug-likeness (QED) is 0.423. The van der Waals surface area contributed by atoms with Crippen molar-refractivity contribution >= 4 is 29.2 Å². The molecule has 2 aliphatic rings. The number of imide groups is 1. The summed E-state index contributed by atoms with van der Waals surface area (Å²) in [7, 11) is 0. The van der Waals surface area contributed by atoms with Gasteiger partial charge >= 0.3 is 5.97 Å². The molecule has 0 aliphatic carbocycles. The third-order valence-electron chi connectivity index (χ3n) is 6.25. The molecule has 3 aromatic rings. The van der Waals surface area contributed by atoms with Crippen LogP contribution in [0.5, 0.6) is 0 Å². The number of rotatable bonds is 5. The van der Waals surface area contributed by atoms with E-state index < -0.39 is 29.9 Å². The van der Waals surface area contributed by atoms with Gasteiger partial charge in [-0.25, -0.2) is 14.8 Å². The van der Waals surface area contributed by atoms with Gasteiger partial charge in [-0.3, -0.25) is 14.4 Å². The maximum Gasteiger partial charge on any atom is 0.338 e. The summed E-state index contributed by atoms with van der Waals surface area (Å²) in [4.78, 5) is 46.4. The molecule has 5 rings (SSSR count). The highest BCUT2D eigenvalue weighted by molar-refractivity contribution is 6.24. The van der Waals surface area contributed by atoms with Gasteiger partial charge in [-0.1, -0.05) is 48.5 Å². The number of benzene rings is 3. The van der Waals surface area contributed by atoms with Crippen molar-refractivity contribution in [2.45, 2.75) is 26.0 Å². The summed E-state index contributed by atoms with van der Waals surface area (Å²) in [5, 5.41) is 1.71. The first-order valence-electron chi connectivity index (χ1n) is 11.2. The average molecular weight is 456 g/mol. The standard InChI is InChI=1S/C27H24N2O5/c1-3-33-27(32)19-13-15-20(16-14-19)28-25(30)22-23(18-10-5-4-6-11-18)29(34-24(22)26(28)31)21-12-8-7-9-17(21)2/h4-16,22-24H,3H2,1-2H3/t22-,23+,24+/m0/s1. The average Bonchev–Trinajstić information content (AvgIpc) is 3.36. The first-order chi connectivity index (χ1) is 16.5. The molecule has 2 amide bonds. The van der Waals surface area contributed by atoms with E-state index in [0.29, 0.717) is 11.3 Å². The second kappa shape index (κ2) is 8.76. The number of nitrogens with zero attached hydrogens (tertiary/aromatic N) is 2. The Morgan fingerprint density at radius 1 is 0.912 bits per heavy atom. The van der Waals surface area contributed by atoms with Crippen LogP contribution in [-0.4, -0.2) is 30.5 Å². The fourth-order valence-electron chi connectivity index (χ4n) is 4.64. The van der Waals surface area contributed by atoms with Crippen LogP contribution in [-0.2, 0) is 19.2 Å². The Kier molecular flexibility index (Phi) is 5.63. The van der Waals surface area contributed by atoms with E-state index in [1.807, 2.05) is 61.5 Å². The molecular weight excluding hydrogens is 432 g/mol. The monoisotopic (exact) mass is 456 g/mol. The Morgan fingerprint density at radius 3 is 2.26 bits per heavy atom. The predicted molar refractivity (Wildman–Crippen MR) is 126 cm³/mol. The van der Waals surface area contributed by atoms with Gasteiger partial charge in [0.05, 0.1) is 29.6 Å². The number of hydrogen-bond donors (Lipinski definition) is 0. The van der Waals surface area contributed by atoms with Gasteiger partial charge < -0.3 is 4.74 Å². The zero-order valence-corrected chi connectivity index (χ0v) is 18.9. The molecular formula is C27H24N2O5. The highest BCUT2D eigenvalue weighted by Gasteiger charge is 2.60. The Balaban J connectivity index is 1.51. The van der Waals surface area contributed by atoms with Crippen LogP contribution in [0.25, 0.3) is 0 Å². The summed E-state index contributed by atoms with van der Waals surface area (Å²) < 4.78 is 5.01. The number of anilines is 2. The van der Waals surface area contributed by atoms with Crippen LogP contribution >= 0.6 is 0 Å². The minimum atomic E-state index is -0.943. The Labute approximate surface area is 197 Å². The lowest BCUT2D eigenvalue weighted by molar-refractivity contribution is -0.126. The summed E-state index contributed by atoms with van der Waals surface area (Å²) in [5.41, 5.74) is 3.44. The van der Waals surface area contributed by atoms with Crippen LogP contribution in [0.3, 0.4) is 0 Å². The highest BCUT2D eigenvalue weighted by Crippen LogP contribution is 2.48. The number of ether oxygens (including phenoxy) is 1. The van der Waals surface area contributed by atoms with E-state index in [-0.39, 0.29) is 12.5 Å². The topological polar surface area (TPSA) is 76.2 Å². The van der Waals surface area contributed by atoms with E-state index in [1.54, 1.807) is 36.3 Å². The second-order valence-corrected chi connectivity index (χ2v) is 8.30. The molecule has 0 N–H and O–H groups in total. The lowest BCUT2D eigenvalue weighted by atomic mass is 9.90. The first kappa shape index (κ1) is 21.9. The van der Waals surface area contributed by atoms with Gasteiger partial charge in [0.2, 0.25) is 5.91 Å². The van der Waals surface area contributed by atoms with Crippen molar-refractivity contribution in [1.29, 1.82) is 0 Å². The largest absolute Gasteiger partial charge is 0.462 e. The van der Waals surface area contributed by atoms with Gasteiger partial charge in [-0.05, 0) is 55.3 Å². The molecule has 7 heteroatoms. The molecule has 2 heterocycles. The molecule has 0 spiro atoms. The van der Waals surface area contributed by atoms with Crippen LogP contribution in [0.2, 0.25) is 0 Å². The van der Waals surface area contributed by atoms with Crippen molar-refractivity contribution in [3.63, 3.8) is 0 Å². The van der Waals surface area contributed by atoms with Crippen LogP contribution in [0, 0.1) is 12.8 Å². The van der Waals surface area contributed by atoms with Gasteiger partial charge in [0.25, 0.3) is 5.91 Å². The fourth-order valence-corrected chi connectivity index (χ4v) is 4.64. The van der Waals surface area contributed by atoms with E-state index in [0.717, 1.165) is 21.7 Å². The summed E-state index contributed by atoms with van der Waals surface area (Å²) in [6.07, 6.45) is -0.943. The maximum absolute atomic E-state index is 13.7. The zero-order valence-electron chi connectivity index (χ0n) is 18.9. The van der Waals surface area contributed by atoms with E-state index in [2.05, 4.69) is 0 Å². The van der Waals surface area contributed by atoms with Crippen LogP contribution in [0.15, 0.2) is 78.9 Å². The van der Waals surface area contributed by atoms with Gasteiger partial charge in [0, 0.05) is 0 Å². The molecule has 2 fully saturated rings. The van der Waals surface area contributed by atoms with E-state index >= 15 is 0 Å². The highest BCUT2D eigenvalue weighted by atomic mass is 16.7. The van der Waals surface area contributed by atoms with Crippen molar-refractivity contribution in [2.75, 3.05) is 16.6 Å². The third-order valence-corrected chi connectivity index (χ3v) is 6.25. The second-order valence-electron chi connectivity index (χ2n) is 8.30. The minimum Gasteiger partial charge on any atom is -0.462 e. The summed E-state index contributed by atoms with van der Waals surface area (Å²) >= 11 is 0. The van der Waals surface area contributed by atoms with E-state index in [1.165, 1.54) is 0 Å². The number of amides is 2. The minimum absolute atomic E-state index is 0.267. The SMILES string of the molecule is CCOC(=O)c1ccc(N2C(=O)[C@H]3[C@@H](c4ccccc4)N(c4ccccc4C)O[C@H]3C2=O)cc1. The van der Waals surface area contributed by atoms with Gasteiger partial charge in [-0.15, -0.1) is 0 Å². The molecule has 0 saturated carbocycles. The molecule has 172 valence electrons. The van der Waals surface area contributed by atoms with Crippen LogP contribution in [0.1, 0.15) is 34.5 Å². The smallest absolute Gasteiger partial charge is 0.338 e. The van der Waals surface area contributed by atoms with E-state index in [4.69, 9.17) is 9.57 Å². The normalized spacial score (nSPS) is 21.6. The maximum atomic E-state index is 13.7. The Morgan fingerprint density at radius 2 is 1.59 bits per heavy atom. The lowest BCUT2D eigenvalue weighted by Crippen LogP contribution is -2.37. The molecule has 3 aromatic carbocycles. The molecule has 34 heavy (non-hydrogen) atoms. The van der Waals surface area contributed by atoms with E-state index in [9.17, 15) is 14.4 Å². The number of hydroxylamine groups is 1. The molecule has 0 bridgehead atoms. The zero-order chi connectivity index (χ0) is 23.8. The molecule has 0 aromatic heterocycles. The summed E-state index contributed by atoms with van der Waals surface area (Å²) in [6.45, 7) is 3.97. The van der Waals surface area contributed by atoms with Crippen LogP contribution < -0.4 is 9.96 Å². The summed E-state index contributed by atoms with van der Waals surface area (Å²) in [6, 6.07) is 23.1. The fraction of sp³-hybridized carbons (Fsp3) is 0.222. The van der Waals surface area contributed by atoms with Crippen molar-refractivity contribution in [2.24, 2.45) is 5.92 Å². The number of aryl methyl sites for hydroxylation is 1. The number of carbonyl (C=O) groups excluding carboxylic acids is 3. The number of esters is 1. The molecule has 2 aliphatic heterocycles. The molecule has 0 radical (unpaired) electrons. The summed E-state index contributed by atoms with van der Waals surface area (Å²) in [5.74, 6) is -1.91. The molecule has 0 unspecified atom stereocenters.